The molecule has 0 radical (unpaired) electrons. The molecule has 2 atom stereocenters. The second-order valence-corrected chi connectivity index (χ2v) is 7.31. The Balaban J connectivity index is 1.87. The van der Waals surface area contributed by atoms with Crippen LogP contribution in [0.2, 0.25) is 0 Å². The average Bonchev–Trinajstić information content (AvgIpc) is 2.53. The minimum atomic E-state index is 0.524. The van der Waals surface area contributed by atoms with Crippen LogP contribution in [0.4, 0.5) is 5.69 Å². The predicted molar refractivity (Wildman–Crippen MR) is 96.0 cm³/mol. The summed E-state index contributed by atoms with van der Waals surface area (Å²) in [5.41, 5.74) is 2.66. The molecule has 0 aliphatic carbocycles. The third-order valence-corrected chi connectivity index (χ3v) is 5.26. The molecule has 2 nitrogen and oxygen atoms in total. The van der Waals surface area contributed by atoms with Crippen molar-refractivity contribution in [2.45, 2.75) is 42.6 Å². The maximum absolute atomic E-state index is 3.56. The molecule has 0 aromatic heterocycles. The highest BCUT2D eigenvalue weighted by Crippen LogP contribution is 2.36. The maximum Gasteiger partial charge on any atom is 0.0511 e. The van der Waals surface area contributed by atoms with Gasteiger partial charge in [-0.05, 0) is 45.0 Å². The normalized spacial score (nSPS) is 21.9. The van der Waals surface area contributed by atoms with E-state index in [4.69, 9.17) is 0 Å². The second kappa shape index (κ2) is 6.76. The minimum absolute atomic E-state index is 0.524. The van der Waals surface area contributed by atoms with E-state index in [9.17, 15) is 0 Å². The Bertz CT molecular complexity index is 624. The molecule has 0 spiro atoms. The smallest absolute Gasteiger partial charge is 0.0511 e. The van der Waals surface area contributed by atoms with Crippen molar-refractivity contribution >= 4 is 17.4 Å². The van der Waals surface area contributed by atoms with Gasteiger partial charge in [0.25, 0.3) is 0 Å². The molecule has 0 bridgehead atoms. The van der Waals surface area contributed by atoms with E-state index in [1.54, 1.807) is 0 Å². The molecule has 22 heavy (non-hydrogen) atoms. The first-order valence-corrected chi connectivity index (χ1v) is 8.78. The fraction of sp³-hybridized carbons (Fsp3) is 0.368. The summed E-state index contributed by atoms with van der Waals surface area (Å²) >= 11 is 1.86. The van der Waals surface area contributed by atoms with Gasteiger partial charge in [0.1, 0.15) is 0 Å². The lowest BCUT2D eigenvalue weighted by Crippen LogP contribution is -2.54. The Hall–Kier alpha value is -1.45. The number of anilines is 1. The van der Waals surface area contributed by atoms with Crippen molar-refractivity contribution in [1.82, 2.24) is 5.32 Å². The summed E-state index contributed by atoms with van der Waals surface area (Å²) in [5, 5.41) is 3.56. The highest BCUT2D eigenvalue weighted by Gasteiger charge is 2.24. The average molecular weight is 312 g/mol. The predicted octanol–water partition coefficient (Wildman–Crippen LogP) is 4.33. The van der Waals surface area contributed by atoms with Gasteiger partial charge in [-0.25, -0.2) is 0 Å². The molecule has 1 aliphatic rings. The van der Waals surface area contributed by atoms with Crippen molar-refractivity contribution < 1.29 is 0 Å². The largest absolute Gasteiger partial charge is 0.365 e. The van der Waals surface area contributed by atoms with Crippen LogP contribution in [0.3, 0.4) is 0 Å². The number of para-hydroxylation sites is 1. The molecule has 2 aromatic carbocycles. The number of benzene rings is 2. The summed E-state index contributed by atoms with van der Waals surface area (Å²) in [7, 11) is 0. The van der Waals surface area contributed by atoms with Crippen LogP contribution in [-0.4, -0.2) is 25.2 Å². The third kappa shape index (κ3) is 3.47. The van der Waals surface area contributed by atoms with Crippen molar-refractivity contribution in [2.24, 2.45) is 0 Å². The van der Waals surface area contributed by atoms with Gasteiger partial charge in [-0.2, -0.15) is 0 Å². The number of piperazine rings is 1. The molecule has 1 aliphatic heterocycles. The molecule has 1 fully saturated rings. The second-order valence-electron chi connectivity index (χ2n) is 6.19. The van der Waals surface area contributed by atoms with E-state index >= 15 is 0 Å². The SMILES string of the molecule is Cc1ccc(Sc2ccccc2N2C[C@@H](C)NC[C@@H]2C)cc1. The number of nitrogens with one attached hydrogen (secondary N) is 1. The summed E-state index contributed by atoms with van der Waals surface area (Å²) in [4.78, 5) is 5.18. The van der Waals surface area contributed by atoms with Gasteiger partial charge < -0.3 is 10.2 Å². The Kier molecular flexibility index (Phi) is 4.74. The molecule has 0 unspecified atom stereocenters. The first-order valence-electron chi connectivity index (χ1n) is 7.97. The summed E-state index contributed by atoms with van der Waals surface area (Å²) in [5.74, 6) is 0. The van der Waals surface area contributed by atoms with Crippen LogP contribution < -0.4 is 10.2 Å². The number of nitrogens with zero attached hydrogens (tertiary/aromatic N) is 1. The number of hydrogen-bond acceptors (Lipinski definition) is 3. The molecule has 1 N–H and O–H groups in total. The van der Waals surface area contributed by atoms with Crippen molar-refractivity contribution in [3.8, 4) is 0 Å². The lowest BCUT2D eigenvalue weighted by molar-refractivity contribution is 0.423. The van der Waals surface area contributed by atoms with Crippen molar-refractivity contribution in [1.29, 1.82) is 0 Å². The van der Waals surface area contributed by atoms with Gasteiger partial charge in [0, 0.05) is 35.0 Å². The Morgan fingerprint density at radius 2 is 1.77 bits per heavy atom. The third-order valence-electron chi connectivity index (χ3n) is 4.19. The first-order chi connectivity index (χ1) is 10.6. The van der Waals surface area contributed by atoms with Gasteiger partial charge in [0.2, 0.25) is 0 Å². The van der Waals surface area contributed by atoms with Crippen molar-refractivity contribution in [3.05, 3.63) is 54.1 Å². The van der Waals surface area contributed by atoms with E-state index in [1.165, 1.54) is 21.0 Å². The quantitative estimate of drug-likeness (QED) is 0.908. The van der Waals surface area contributed by atoms with E-state index in [-0.39, 0.29) is 0 Å². The zero-order valence-corrected chi connectivity index (χ0v) is 14.4. The maximum atomic E-state index is 3.56. The van der Waals surface area contributed by atoms with E-state index in [0.29, 0.717) is 12.1 Å². The lowest BCUT2D eigenvalue weighted by Gasteiger charge is -2.40. The van der Waals surface area contributed by atoms with Gasteiger partial charge in [-0.15, -0.1) is 0 Å². The van der Waals surface area contributed by atoms with Gasteiger partial charge in [-0.1, -0.05) is 41.6 Å². The Labute approximate surface area is 137 Å². The van der Waals surface area contributed by atoms with Crippen LogP contribution in [0.5, 0.6) is 0 Å². The van der Waals surface area contributed by atoms with E-state index < -0.39 is 0 Å². The van der Waals surface area contributed by atoms with Crippen LogP contribution in [0.1, 0.15) is 19.4 Å². The lowest BCUT2D eigenvalue weighted by atomic mass is 10.1. The van der Waals surface area contributed by atoms with Crippen molar-refractivity contribution in [2.75, 3.05) is 18.0 Å². The highest BCUT2D eigenvalue weighted by atomic mass is 32.2. The Morgan fingerprint density at radius 3 is 2.55 bits per heavy atom. The molecule has 3 heteroatoms. The molecule has 0 saturated carbocycles. The van der Waals surface area contributed by atoms with Crippen LogP contribution in [-0.2, 0) is 0 Å². The van der Waals surface area contributed by atoms with Gasteiger partial charge >= 0.3 is 0 Å². The van der Waals surface area contributed by atoms with Crippen LogP contribution in [0, 0.1) is 6.92 Å². The van der Waals surface area contributed by atoms with Crippen LogP contribution in [0.15, 0.2) is 58.3 Å². The molecular formula is C19H24N2S. The van der Waals surface area contributed by atoms with Gasteiger partial charge in [-0.3, -0.25) is 0 Å². The standard InChI is InChI=1S/C19H24N2S/c1-14-8-10-17(11-9-14)22-19-7-5-4-6-18(19)21-13-15(2)20-12-16(21)3/h4-11,15-16,20H,12-13H2,1-3H3/t15-,16+/m1/s1. The monoisotopic (exact) mass is 312 g/mol. The zero-order valence-electron chi connectivity index (χ0n) is 13.5. The number of hydrogen-bond donors (Lipinski definition) is 1. The number of aryl methyl sites for hydroxylation is 1. The first kappa shape index (κ1) is 15.4. The molecule has 3 rings (SSSR count). The van der Waals surface area contributed by atoms with Crippen LogP contribution >= 0.6 is 11.8 Å². The van der Waals surface area contributed by atoms with E-state index in [2.05, 4.69) is 79.5 Å². The summed E-state index contributed by atoms with van der Waals surface area (Å²) in [6.45, 7) is 8.80. The molecule has 116 valence electrons. The molecular weight excluding hydrogens is 288 g/mol. The minimum Gasteiger partial charge on any atom is -0.365 e. The molecule has 1 saturated heterocycles. The Morgan fingerprint density at radius 1 is 1.05 bits per heavy atom. The topological polar surface area (TPSA) is 15.3 Å². The van der Waals surface area contributed by atoms with Crippen molar-refractivity contribution in [3.63, 3.8) is 0 Å². The highest BCUT2D eigenvalue weighted by molar-refractivity contribution is 7.99. The van der Waals surface area contributed by atoms with Crippen LogP contribution in [0.25, 0.3) is 0 Å². The fourth-order valence-electron chi connectivity index (χ4n) is 2.87. The van der Waals surface area contributed by atoms with E-state index in [0.717, 1.165) is 13.1 Å². The summed E-state index contributed by atoms with van der Waals surface area (Å²) in [6, 6.07) is 18.6. The van der Waals surface area contributed by atoms with Gasteiger partial charge in [0.05, 0.1) is 5.69 Å². The molecule has 1 heterocycles. The van der Waals surface area contributed by atoms with Gasteiger partial charge in [0.15, 0.2) is 0 Å². The summed E-state index contributed by atoms with van der Waals surface area (Å²) < 4.78 is 0. The van der Waals surface area contributed by atoms with E-state index in [1.807, 2.05) is 11.8 Å². The molecule has 0 amide bonds. The zero-order chi connectivity index (χ0) is 15.5. The summed E-state index contributed by atoms with van der Waals surface area (Å²) in [6.07, 6.45) is 0. The fourth-order valence-corrected chi connectivity index (χ4v) is 3.83. The number of rotatable bonds is 3. The molecule has 2 aromatic rings.